The van der Waals surface area contributed by atoms with E-state index < -0.39 is 0 Å². The van der Waals surface area contributed by atoms with Crippen LogP contribution < -0.4 is 5.32 Å². The monoisotopic (exact) mass is 450 g/mol. The lowest BCUT2D eigenvalue weighted by Crippen LogP contribution is -2.53. The van der Waals surface area contributed by atoms with Crippen molar-refractivity contribution in [2.45, 2.75) is 65.0 Å². The first-order valence-electron chi connectivity index (χ1n) is 12.4. The van der Waals surface area contributed by atoms with Gasteiger partial charge in [-0.25, -0.2) is 9.18 Å². The molecule has 1 N–H and O–H groups in total. The molecule has 3 heterocycles. The summed E-state index contributed by atoms with van der Waals surface area (Å²) in [5, 5.41) is 3.10. The minimum Gasteiger partial charge on any atom is -0.445 e. The average Bonchev–Trinajstić information content (AvgIpc) is 3.03. The summed E-state index contributed by atoms with van der Waals surface area (Å²) < 4.78 is 21.2. The number of carbonyl (C=O) groups is 1. The summed E-state index contributed by atoms with van der Waals surface area (Å²) in [6.45, 7) is 9.46. The molecule has 2 aromatic rings. The molecule has 3 aliphatic heterocycles. The number of nitrogens with one attached hydrogen (secondary N) is 1. The van der Waals surface area contributed by atoms with Crippen LogP contribution in [0.15, 0.2) is 36.4 Å². The molecule has 3 fully saturated rings. The highest BCUT2D eigenvalue weighted by Gasteiger charge is 2.42. The van der Waals surface area contributed by atoms with Gasteiger partial charge >= 0.3 is 6.09 Å². The Hall–Kier alpha value is -2.40. The molecule has 33 heavy (non-hydrogen) atoms. The first kappa shape index (κ1) is 22.4. The molecule has 0 spiro atoms. The quantitative estimate of drug-likeness (QED) is 0.618. The Kier molecular flexibility index (Phi) is 5.94. The molecule has 0 radical (unpaired) electrons. The molecule has 0 saturated carbocycles. The number of halogens is 1. The van der Waals surface area contributed by atoms with Crippen LogP contribution in [-0.2, 0) is 17.6 Å². The van der Waals surface area contributed by atoms with E-state index in [-0.39, 0.29) is 29.5 Å². The summed E-state index contributed by atoms with van der Waals surface area (Å²) in [6.07, 6.45) is 4.62. The Morgan fingerprint density at radius 2 is 2.00 bits per heavy atom. The molecule has 2 bridgehead atoms. The van der Waals surface area contributed by atoms with Crippen molar-refractivity contribution in [1.82, 2.24) is 10.2 Å². The number of amides is 1. The maximum atomic E-state index is 15.3. The Bertz CT molecular complexity index is 1040. The minimum absolute atomic E-state index is 0.0361. The van der Waals surface area contributed by atoms with E-state index in [2.05, 4.69) is 43.1 Å². The molecule has 1 aliphatic carbocycles. The number of rotatable bonds is 5. The number of hydrogen-bond donors (Lipinski definition) is 1. The van der Waals surface area contributed by atoms with E-state index in [1.807, 2.05) is 18.2 Å². The third kappa shape index (κ3) is 4.40. The summed E-state index contributed by atoms with van der Waals surface area (Å²) in [6, 6.07) is 11.5. The zero-order valence-corrected chi connectivity index (χ0v) is 20.0. The van der Waals surface area contributed by atoms with Crippen molar-refractivity contribution in [3.05, 3.63) is 58.9 Å². The van der Waals surface area contributed by atoms with Gasteiger partial charge in [0.15, 0.2) is 0 Å². The Balaban J connectivity index is 1.36. The van der Waals surface area contributed by atoms with Crippen LogP contribution in [0.4, 0.5) is 9.18 Å². The number of ether oxygens (including phenoxy) is 1. The van der Waals surface area contributed by atoms with Gasteiger partial charge < -0.3 is 10.1 Å². The van der Waals surface area contributed by atoms with Crippen LogP contribution in [0.3, 0.4) is 0 Å². The van der Waals surface area contributed by atoms with E-state index in [0.29, 0.717) is 11.5 Å². The van der Waals surface area contributed by atoms with Gasteiger partial charge in [-0.2, -0.15) is 0 Å². The molecule has 176 valence electrons. The van der Waals surface area contributed by atoms with Gasteiger partial charge in [0.2, 0.25) is 0 Å². The topological polar surface area (TPSA) is 41.6 Å². The van der Waals surface area contributed by atoms with Crippen LogP contribution in [0.1, 0.15) is 62.8 Å². The van der Waals surface area contributed by atoms with Crippen LogP contribution in [0.5, 0.6) is 0 Å². The molecule has 2 atom stereocenters. The van der Waals surface area contributed by atoms with Crippen LogP contribution in [0.25, 0.3) is 11.1 Å². The molecular formula is C28H35FN2O2. The largest absolute Gasteiger partial charge is 0.445 e. The maximum absolute atomic E-state index is 15.3. The molecule has 4 nitrogen and oxygen atoms in total. The number of hydrogen-bond acceptors (Lipinski definition) is 3. The van der Waals surface area contributed by atoms with E-state index in [1.54, 1.807) is 6.07 Å². The van der Waals surface area contributed by atoms with E-state index in [0.717, 1.165) is 68.4 Å². The Labute approximate surface area is 196 Å². The third-order valence-electron chi connectivity index (χ3n) is 7.86. The lowest BCUT2D eigenvalue weighted by molar-refractivity contribution is -0.0349. The summed E-state index contributed by atoms with van der Waals surface area (Å²) in [7, 11) is 0. The van der Waals surface area contributed by atoms with Crippen molar-refractivity contribution in [1.29, 1.82) is 0 Å². The number of aryl methyl sites for hydroxylation is 1. The first-order valence-corrected chi connectivity index (χ1v) is 12.4. The zero-order chi connectivity index (χ0) is 23.2. The van der Waals surface area contributed by atoms with Crippen molar-refractivity contribution in [2.75, 3.05) is 19.6 Å². The van der Waals surface area contributed by atoms with Crippen LogP contribution in [-0.4, -0.2) is 36.7 Å². The normalized spacial score (nSPS) is 27.3. The summed E-state index contributed by atoms with van der Waals surface area (Å²) >= 11 is 0. The van der Waals surface area contributed by atoms with Gasteiger partial charge in [-0.3, -0.25) is 4.90 Å². The predicted molar refractivity (Wildman–Crippen MR) is 129 cm³/mol. The van der Waals surface area contributed by atoms with Gasteiger partial charge in [0, 0.05) is 12.1 Å². The number of benzene rings is 2. The highest BCUT2D eigenvalue weighted by molar-refractivity contribution is 5.70. The van der Waals surface area contributed by atoms with Gasteiger partial charge in [0.25, 0.3) is 0 Å². The molecule has 5 heteroatoms. The lowest BCUT2D eigenvalue weighted by atomic mass is 9.85. The van der Waals surface area contributed by atoms with Crippen LogP contribution in [0.2, 0.25) is 0 Å². The molecule has 4 aliphatic rings. The lowest BCUT2D eigenvalue weighted by Gasteiger charge is -2.44. The maximum Gasteiger partial charge on any atom is 0.407 e. The van der Waals surface area contributed by atoms with Gasteiger partial charge in [-0.05, 0) is 84.5 Å². The zero-order valence-electron chi connectivity index (χ0n) is 20.0. The third-order valence-corrected chi connectivity index (χ3v) is 7.86. The van der Waals surface area contributed by atoms with Crippen molar-refractivity contribution < 1.29 is 13.9 Å². The molecule has 0 unspecified atom stereocenters. The highest BCUT2D eigenvalue weighted by atomic mass is 19.1. The molecule has 6 rings (SSSR count). The van der Waals surface area contributed by atoms with Crippen molar-refractivity contribution in [2.24, 2.45) is 11.3 Å². The van der Waals surface area contributed by atoms with E-state index in [1.165, 1.54) is 5.56 Å². The van der Waals surface area contributed by atoms with E-state index >= 15 is 4.39 Å². The molecular weight excluding hydrogens is 415 g/mol. The first-order chi connectivity index (χ1) is 15.8. The Morgan fingerprint density at radius 1 is 1.21 bits per heavy atom. The molecule has 3 saturated heterocycles. The van der Waals surface area contributed by atoms with Crippen LogP contribution >= 0.6 is 0 Å². The fourth-order valence-corrected chi connectivity index (χ4v) is 6.08. The summed E-state index contributed by atoms with van der Waals surface area (Å²) in [5.74, 6) is 0.228. The van der Waals surface area contributed by atoms with Crippen molar-refractivity contribution in [3.63, 3.8) is 0 Å². The van der Waals surface area contributed by atoms with Gasteiger partial charge in [0.1, 0.15) is 11.9 Å². The smallest absolute Gasteiger partial charge is 0.407 e. The van der Waals surface area contributed by atoms with E-state index in [4.69, 9.17) is 4.74 Å². The van der Waals surface area contributed by atoms with E-state index in [9.17, 15) is 4.79 Å². The molecule has 0 aromatic heterocycles. The van der Waals surface area contributed by atoms with Crippen molar-refractivity contribution in [3.8, 4) is 11.1 Å². The second kappa shape index (κ2) is 8.75. The summed E-state index contributed by atoms with van der Waals surface area (Å²) in [5.41, 5.74) is 4.54. The number of piperidine rings is 3. The minimum atomic E-state index is -0.378. The number of nitrogens with zero attached hydrogens (tertiary/aromatic N) is 1. The fraction of sp³-hybridized carbons (Fsp3) is 0.536. The number of fused-ring (bicyclic) bond motifs is 4. The van der Waals surface area contributed by atoms with Gasteiger partial charge in [-0.15, -0.1) is 0 Å². The SMILES string of the molecule is CCCc1cccc(-c2cc3c(cc2F)[C@H](NC(=O)O[C@H]2CN4CCC2CC4)C(C)(C)C3)c1. The summed E-state index contributed by atoms with van der Waals surface area (Å²) in [4.78, 5) is 15.2. The standard InChI is InChI=1S/C28H35FN2O2/c1-4-6-18-7-5-8-20(13-18)22-14-21-16-28(2,3)26(23(21)15-24(22)29)30-27(32)33-25-17-31-11-9-19(25)10-12-31/h5,7-8,13-15,19,25-26H,4,6,9-12,16-17H2,1-3H3,(H,30,32)/t25-,26-/m0/s1. The second-order valence-electron chi connectivity index (χ2n) is 10.8. The number of carbonyl (C=O) groups excluding carboxylic acids is 1. The van der Waals surface area contributed by atoms with Crippen LogP contribution in [0, 0.1) is 17.2 Å². The average molecular weight is 451 g/mol. The highest BCUT2D eigenvalue weighted by Crippen LogP contribution is 2.47. The van der Waals surface area contributed by atoms with Gasteiger partial charge in [0.05, 0.1) is 6.04 Å². The second-order valence-corrected chi connectivity index (χ2v) is 10.8. The predicted octanol–water partition coefficient (Wildman–Crippen LogP) is 5.89. The molecule has 2 aromatic carbocycles. The number of alkyl carbamates (subject to hydrolysis) is 1. The fourth-order valence-electron chi connectivity index (χ4n) is 6.08. The Morgan fingerprint density at radius 3 is 2.70 bits per heavy atom. The van der Waals surface area contributed by atoms with Gasteiger partial charge in [-0.1, -0.05) is 51.5 Å². The molecule has 1 amide bonds. The van der Waals surface area contributed by atoms with Crippen molar-refractivity contribution >= 4 is 6.09 Å².